The van der Waals surface area contributed by atoms with Crippen LogP contribution in [0.2, 0.25) is 0 Å². The molecule has 1 saturated heterocycles. The number of nitrogen functional groups attached to an aromatic ring is 1. The van der Waals surface area contributed by atoms with Crippen LogP contribution >= 0.6 is 15.9 Å². The summed E-state index contributed by atoms with van der Waals surface area (Å²) < 4.78 is 6.58. The molecule has 2 N–H and O–H groups in total. The lowest BCUT2D eigenvalue weighted by Gasteiger charge is -2.33. The first kappa shape index (κ1) is 11.7. The van der Waals surface area contributed by atoms with Crippen molar-refractivity contribution < 1.29 is 4.74 Å². The first-order valence-electron chi connectivity index (χ1n) is 5.48. The molecule has 0 saturated carbocycles. The number of nitrogens with two attached hydrogens (primary N) is 1. The van der Waals surface area contributed by atoms with Crippen LogP contribution in [0.15, 0.2) is 16.7 Å². The molecule has 16 heavy (non-hydrogen) atoms. The number of ether oxygens (including phenoxy) is 1. The molecular weight excluding hydrogens is 270 g/mol. The van der Waals surface area contributed by atoms with E-state index in [0.29, 0.717) is 11.8 Å². The zero-order valence-electron chi connectivity index (χ0n) is 9.32. The first-order chi connectivity index (χ1) is 7.70. The fraction of sp³-hybridized carbons (Fsp3) is 0.545. The van der Waals surface area contributed by atoms with Gasteiger partial charge in [-0.1, -0.05) is 6.92 Å². The predicted molar refractivity (Wildman–Crippen MR) is 68.6 cm³/mol. The zero-order chi connectivity index (χ0) is 11.5. The summed E-state index contributed by atoms with van der Waals surface area (Å²) in [5.74, 6) is 0.955. The van der Waals surface area contributed by atoms with Crippen LogP contribution < -0.4 is 10.6 Å². The lowest BCUT2D eigenvalue weighted by atomic mass is 10.2. The second kappa shape index (κ2) is 5.01. The predicted octanol–water partition coefficient (Wildman–Crippen LogP) is 2.04. The van der Waals surface area contributed by atoms with E-state index < -0.39 is 0 Å². The maximum Gasteiger partial charge on any atom is 0.143 e. The fourth-order valence-corrected chi connectivity index (χ4v) is 2.45. The Kier molecular flexibility index (Phi) is 3.66. The summed E-state index contributed by atoms with van der Waals surface area (Å²) in [4.78, 5) is 6.61. The smallest absolute Gasteiger partial charge is 0.143 e. The van der Waals surface area contributed by atoms with Crippen LogP contribution in [0.4, 0.5) is 11.5 Å². The number of pyridine rings is 1. The highest BCUT2D eigenvalue weighted by molar-refractivity contribution is 9.10. The Bertz CT molecular complexity index is 372. The van der Waals surface area contributed by atoms with Crippen LogP contribution in [-0.4, -0.2) is 30.8 Å². The summed E-state index contributed by atoms with van der Waals surface area (Å²) in [6.45, 7) is 4.68. The van der Waals surface area contributed by atoms with Crippen molar-refractivity contribution in [1.29, 1.82) is 0 Å². The SMILES string of the molecule is CCC1CN(c2ncc(N)cc2Br)CCO1. The van der Waals surface area contributed by atoms with Gasteiger partial charge in [-0.05, 0) is 28.4 Å². The van der Waals surface area contributed by atoms with E-state index >= 15 is 0 Å². The van der Waals surface area contributed by atoms with Gasteiger partial charge in [0.25, 0.3) is 0 Å². The Hall–Kier alpha value is -0.810. The van der Waals surface area contributed by atoms with Gasteiger partial charge in [0, 0.05) is 13.1 Å². The summed E-state index contributed by atoms with van der Waals surface area (Å²) in [6, 6.07) is 1.89. The van der Waals surface area contributed by atoms with E-state index in [9.17, 15) is 0 Å². The third kappa shape index (κ3) is 2.47. The molecule has 1 aromatic heterocycles. The summed E-state index contributed by atoms with van der Waals surface area (Å²) in [5.41, 5.74) is 6.35. The van der Waals surface area contributed by atoms with Crippen LogP contribution in [0.25, 0.3) is 0 Å². The molecule has 0 radical (unpaired) electrons. The summed E-state index contributed by atoms with van der Waals surface area (Å²) in [6.07, 6.45) is 3.03. The largest absolute Gasteiger partial charge is 0.397 e. The molecule has 0 bridgehead atoms. The average Bonchev–Trinajstić information content (AvgIpc) is 2.29. The molecule has 0 aliphatic carbocycles. The van der Waals surface area contributed by atoms with Crippen molar-refractivity contribution in [2.24, 2.45) is 0 Å². The molecule has 0 spiro atoms. The van der Waals surface area contributed by atoms with E-state index in [1.54, 1.807) is 6.20 Å². The molecule has 0 aromatic carbocycles. The minimum atomic E-state index is 0.306. The van der Waals surface area contributed by atoms with E-state index in [1.807, 2.05) is 6.07 Å². The minimum Gasteiger partial charge on any atom is -0.397 e. The van der Waals surface area contributed by atoms with E-state index in [1.165, 1.54) is 0 Å². The number of nitrogens with zero attached hydrogens (tertiary/aromatic N) is 2. The Morgan fingerprint density at radius 2 is 2.50 bits per heavy atom. The molecule has 1 fully saturated rings. The quantitative estimate of drug-likeness (QED) is 0.904. The molecule has 1 unspecified atom stereocenters. The third-order valence-electron chi connectivity index (χ3n) is 2.74. The van der Waals surface area contributed by atoms with Gasteiger partial charge in [-0.2, -0.15) is 0 Å². The summed E-state index contributed by atoms with van der Waals surface area (Å²) >= 11 is 3.50. The average molecular weight is 286 g/mol. The molecule has 88 valence electrons. The second-order valence-corrected chi connectivity index (χ2v) is 4.78. The van der Waals surface area contributed by atoms with E-state index in [2.05, 4.69) is 32.7 Å². The van der Waals surface area contributed by atoms with E-state index in [4.69, 9.17) is 10.5 Å². The molecule has 5 heteroatoms. The van der Waals surface area contributed by atoms with Gasteiger partial charge in [0.2, 0.25) is 0 Å². The van der Waals surface area contributed by atoms with Crippen molar-refractivity contribution >= 4 is 27.4 Å². The van der Waals surface area contributed by atoms with Gasteiger partial charge in [-0.3, -0.25) is 0 Å². The molecule has 1 aliphatic rings. The zero-order valence-corrected chi connectivity index (χ0v) is 10.9. The molecule has 2 heterocycles. The molecule has 4 nitrogen and oxygen atoms in total. The summed E-state index contributed by atoms with van der Waals surface area (Å²) in [7, 11) is 0. The van der Waals surface area contributed by atoms with Crippen LogP contribution in [-0.2, 0) is 4.74 Å². The highest BCUT2D eigenvalue weighted by Crippen LogP contribution is 2.27. The van der Waals surface area contributed by atoms with Crippen molar-refractivity contribution in [2.75, 3.05) is 30.3 Å². The molecule has 0 amide bonds. The highest BCUT2D eigenvalue weighted by Gasteiger charge is 2.21. The van der Waals surface area contributed by atoms with Crippen molar-refractivity contribution in [2.45, 2.75) is 19.4 Å². The van der Waals surface area contributed by atoms with Crippen LogP contribution in [0.5, 0.6) is 0 Å². The fourth-order valence-electron chi connectivity index (χ4n) is 1.84. The second-order valence-electron chi connectivity index (χ2n) is 3.92. The van der Waals surface area contributed by atoms with Crippen molar-refractivity contribution in [3.63, 3.8) is 0 Å². The molecule has 1 aliphatic heterocycles. The maximum atomic E-state index is 5.67. The normalized spacial score (nSPS) is 21.1. The number of hydrogen-bond donors (Lipinski definition) is 1. The van der Waals surface area contributed by atoms with Gasteiger partial charge in [-0.15, -0.1) is 0 Å². The maximum absolute atomic E-state index is 5.67. The van der Waals surface area contributed by atoms with Crippen molar-refractivity contribution in [3.8, 4) is 0 Å². The van der Waals surface area contributed by atoms with Gasteiger partial charge in [0.15, 0.2) is 0 Å². The van der Waals surface area contributed by atoms with Gasteiger partial charge < -0.3 is 15.4 Å². The summed E-state index contributed by atoms with van der Waals surface area (Å²) in [5, 5.41) is 0. The van der Waals surface area contributed by atoms with Crippen molar-refractivity contribution in [3.05, 3.63) is 16.7 Å². The van der Waals surface area contributed by atoms with Crippen molar-refractivity contribution in [1.82, 2.24) is 4.98 Å². The Labute approximate surface area is 104 Å². The van der Waals surface area contributed by atoms with E-state index in [0.717, 1.165) is 36.4 Å². The van der Waals surface area contributed by atoms with Crippen LogP contribution in [0.1, 0.15) is 13.3 Å². The number of aromatic nitrogens is 1. The van der Waals surface area contributed by atoms with Crippen LogP contribution in [0, 0.1) is 0 Å². The first-order valence-corrected chi connectivity index (χ1v) is 6.27. The molecule has 1 aromatic rings. The number of halogens is 1. The Balaban J connectivity index is 2.16. The monoisotopic (exact) mass is 285 g/mol. The lowest BCUT2D eigenvalue weighted by molar-refractivity contribution is 0.0381. The number of anilines is 2. The van der Waals surface area contributed by atoms with Gasteiger partial charge in [-0.25, -0.2) is 4.98 Å². The number of rotatable bonds is 2. The Morgan fingerprint density at radius 1 is 1.69 bits per heavy atom. The molecule has 1 atom stereocenters. The standard InChI is InChI=1S/C11H16BrN3O/c1-2-9-7-15(3-4-16-9)11-10(12)5-8(13)6-14-11/h5-6,9H,2-4,7,13H2,1H3. The third-order valence-corrected chi connectivity index (χ3v) is 3.32. The molecular formula is C11H16BrN3O. The Morgan fingerprint density at radius 3 is 3.19 bits per heavy atom. The van der Waals surface area contributed by atoms with Crippen LogP contribution in [0.3, 0.4) is 0 Å². The van der Waals surface area contributed by atoms with Gasteiger partial charge >= 0.3 is 0 Å². The van der Waals surface area contributed by atoms with Gasteiger partial charge in [0.1, 0.15) is 5.82 Å². The topological polar surface area (TPSA) is 51.4 Å². The minimum absolute atomic E-state index is 0.306. The lowest BCUT2D eigenvalue weighted by Crippen LogP contribution is -2.42. The number of hydrogen-bond acceptors (Lipinski definition) is 4. The van der Waals surface area contributed by atoms with E-state index in [-0.39, 0.29) is 0 Å². The number of morpholine rings is 1. The van der Waals surface area contributed by atoms with Gasteiger partial charge in [0.05, 0.1) is 29.1 Å². The molecule has 2 rings (SSSR count). The highest BCUT2D eigenvalue weighted by atomic mass is 79.9.